The number of fused-ring (bicyclic) bond motifs is 1. The van der Waals surface area contributed by atoms with Gasteiger partial charge in [-0.2, -0.15) is 0 Å². The van der Waals surface area contributed by atoms with Crippen LogP contribution < -0.4 is 9.47 Å². The van der Waals surface area contributed by atoms with Gasteiger partial charge in [-0.25, -0.2) is 4.98 Å². The summed E-state index contributed by atoms with van der Waals surface area (Å²) in [5.74, 6) is 0.506. The van der Waals surface area contributed by atoms with E-state index in [0.717, 1.165) is 77.9 Å². The molecule has 0 saturated carbocycles. The van der Waals surface area contributed by atoms with Gasteiger partial charge in [-0.3, -0.25) is 9.69 Å². The summed E-state index contributed by atoms with van der Waals surface area (Å²) in [5.41, 5.74) is 1.97. The molecule has 0 bridgehead atoms. The average Bonchev–Trinajstić information content (AvgIpc) is 3.31. The highest BCUT2D eigenvalue weighted by molar-refractivity contribution is 7.18. The number of aliphatic hydroxyl groups is 1. The number of piperazine rings is 1. The summed E-state index contributed by atoms with van der Waals surface area (Å²) in [7, 11) is 0. The van der Waals surface area contributed by atoms with Crippen LogP contribution in [0.2, 0.25) is 0 Å². The zero-order valence-electron chi connectivity index (χ0n) is 23.1. The van der Waals surface area contributed by atoms with E-state index in [-0.39, 0.29) is 12.5 Å². The van der Waals surface area contributed by atoms with E-state index < -0.39 is 12.1 Å². The lowest BCUT2D eigenvalue weighted by molar-refractivity contribution is -0.141. The van der Waals surface area contributed by atoms with Gasteiger partial charge >= 0.3 is 5.97 Å². The Morgan fingerprint density at radius 2 is 1.74 bits per heavy atom. The van der Waals surface area contributed by atoms with Gasteiger partial charge in [0, 0.05) is 38.8 Å². The number of unbranched alkanes of at least 4 members (excludes halogenated alkanes) is 1. The number of thiazole rings is 1. The van der Waals surface area contributed by atoms with Gasteiger partial charge < -0.3 is 24.6 Å². The molecule has 212 valence electrons. The van der Waals surface area contributed by atoms with E-state index in [2.05, 4.69) is 14.8 Å². The monoisotopic (exact) mass is 555 g/mol. The van der Waals surface area contributed by atoms with Crippen LogP contribution in [0.3, 0.4) is 0 Å². The zero-order chi connectivity index (χ0) is 27.6. The van der Waals surface area contributed by atoms with Crippen molar-refractivity contribution in [3.63, 3.8) is 0 Å². The topological polar surface area (TPSA) is 95.4 Å². The van der Waals surface area contributed by atoms with Gasteiger partial charge in [0.2, 0.25) is 0 Å². The number of aryl methyl sites for hydroxylation is 1. The second-order valence-corrected chi connectivity index (χ2v) is 11.6. The maximum absolute atomic E-state index is 11.2. The van der Waals surface area contributed by atoms with Crippen molar-refractivity contribution in [3.05, 3.63) is 53.0 Å². The number of β-amino-alcohol motifs (C(OH)–C–C–N with tert-alkyl or cyclic N) is 1. The number of rotatable bonds is 15. The minimum Gasteiger partial charge on any atom is -0.494 e. The molecule has 1 saturated heterocycles. The number of nitrogens with zero attached hydrogens (tertiary/aromatic N) is 3. The molecule has 0 radical (unpaired) electrons. The third kappa shape index (κ3) is 9.17. The van der Waals surface area contributed by atoms with E-state index in [1.54, 1.807) is 11.3 Å². The summed E-state index contributed by atoms with van der Waals surface area (Å²) in [6.45, 7) is 10.4. The molecule has 1 aliphatic heterocycles. The Hall–Kier alpha value is -2.72. The van der Waals surface area contributed by atoms with Gasteiger partial charge in [-0.1, -0.05) is 19.1 Å². The fourth-order valence-corrected chi connectivity index (χ4v) is 5.70. The van der Waals surface area contributed by atoms with Crippen LogP contribution in [-0.2, 0) is 11.2 Å². The van der Waals surface area contributed by atoms with E-state index in [9.17, 15) is 15.0 Å². The van der Waals surface area contributed by atoms with E-state index in [1.165, 1.54) is 0 Å². The molecule has 0 aliphatic carbocycles. The summed E-state index contributed by atoms with van der Waals surface area (Å²) in [6, 6.07) is 13.7. The number of aliphatic hydroxyl groups excluding tert-OH is 1. The molecule has 1 aromatic heterocycles. The Kier molecular flexibility index (Phi) is 11.0. The van der Waals surface area contributed by atoms with Gasteiger partial charge in [0.1, 0.15) is 24.2 Å². The molecule has 1 fully saturated rings. The van der Waals surface area contributed by atoms with Crippen LogP contribution in [0, 0.1) is 12.8 Å². The molecule has 2 heterocycles. The summed E-state index contributed by atoms with van der Waals surface area (Å²) >= 11 is 1.67. The van der Waals surface area contributed by atoms with Gasteiger partial charge in [0.25, 0.3) is 0 Å². The Morgan fingerprint density at radius 3 is 2.46 bits per heavy atom. The first-order valence-electron chi connectivity index (χ1n) is 14.0. The zero-order valence-corrected chi connectivity index (χ0v) is 23.9. The van der Waals surface area contributed by atoms with Crippen molar-refractivity contribution in [1.29, 1.82) is 0 Å². The van der Waals surface area contributed by atoms with Crippen LogP contribution in [0.4, 0.5) is 0 Å². The van der Waals surface area contributed by atoms with Crippen molar-refractivity contribution in [2.45, 2.75) is 45.6 Å². The number of ether oxygens (including phenoxy) is 2. The first-order chi connectivity index (χ1) is 18.9. The summed E-state index contributed by atoms with van der Waals surface area (Å²) in [4.78, 5) is 20.5. The van der Waals surface area contributed by atoms with Crippen LogP contribution >= 0.6 is 11.3 Å². The molecule has 0 amide bonds. The van der Waals surface area contributed by atoms with Gasteiger partial charge in [-0.05, 0) is 69.0 Å². The summed E-state index contributed by atoms with van der Waals surface area (Å²) in [5, 5.41) is 20.8. The number of benzene rings is 2. The molecular formula is C30H41N3O5S. The highest BCUT2D eigenvalue weighted by atomic mass is 32.1. The van der Waals surface area contributed by atoms with E-state index >= 15 is 0 Å². The van der Waals surface area contributed by atoms with Crippen molar-refractivity contribution >= 4 is 27.5 Å². The number of aliphatic carboxylic acids is 1. The highest BCUT2D eigenvalue weighted by Crippen LogP contribution is 2.25. The third-order valence-electron chi connectivity index (χ3n) is 7.23. The minimum atomic E-state index is -0.738. The van der Waals surface area contributed by atoms with Crippen LogP contribution in [0.15, 0.2) is 42.5 Å². The number of hydrogen-bond acceptors (Lipinski definition) is 8. The van der Waals surface area contributed by atoms with E-state index in [4.69, 9.17) is 9.47 Å². The number of aromatic nitrogens is 1. The molecular weight excluding hydrogens is 514 g/mol. The fourth-order valence-electron chi connectivity index (χ4n) is 4.89. The predicted molar refractivity (Wildman–Crippen MR) is 155 cm³/mol. The molecule has 3 aromatic rings. The lowest BCUT2D eigenvalue weighted by atomic mass is 9.97. The van der Waals surface area contributed by atoms with Crippen LogP contribution in [-0.4, -0.2) is 89.6 Å². The second-order valence-electron chi connectivity index (χ2n) is 10.3. The SMILES string of the molecule is CCC(Cc1ccc(OCCCCN2CCN(C[C@@H](O)COc3ccc4sc(C)nc4c3)CC2)cc1)C(=O)O. The van der Waals surface area contributed by atoms with E-state index in [1.807, 2.05) is 56.3 Å². The summed E-state index contributed by atoms with van der Waals surface area (Å²) in [6.07, 6.45) is 2.72. The smallest absolute Gasteiger partial charge is 0.306 e. The van der Waals surface area contributed by atoms with Crippen molar-refractivity contribution in [2.24, 2.45) is 5.92 Å². The second kappa shape index (κ2) is 14.6. The number of carboxylic acid groups (broad SMARTS) is 1. The van der Waals surface area contributed by atoms with Gasteiger partial charge in [-0.15, -0.1) is 11.3 Å². The molecule has 39 heavy (non-hydrogen) atoms. The predicted octanol–water partition coefficient (Wildman–Crippen LogP) is 4.47. The van der Waals surface area contributed by atoms with E-state index in [0.29, 0.717) is 26.0 Å². The molecule has 1 aliphatic rings. The standard InChI is InChI=1S/C30H41N3O5S/c1-3-24(30(35)36)18-23-6-8-26(9-7-23)37-17-5-4-12-32-13-15-33(16-14-32)20-25(34)21-38-27-10-11-29-28(19-27)31-22(2)39-29/h6-11,19,24-25,34H,3-5,12-18,20-21H2,1-2H3,(H,35,36)/t24?,25-/m1/s1. The lowest BCUT2D eigenvalue weighted by Gasteiger charge is -2.35. The third-order valence-corrected chi connectivity index (χ3v) is 8.18. The van der Waals surface area contributed by atoms with Crippen LogP contribution in [0.5, 0.6) is 11.5 Å². The Labute approximate surface area is 235 Å². The van der Waals surface area contributed by atoms with Gasteiger partial charge in [0.15, 0.2) is 0 Å². The Morgan fingerprint density at radius 1 is 1.03 bits per heavy atom. The normalized spacial score (nSPS) is 16.3. The molecule has 2 atom stereocenters. The Bertz CT molecular complexity index is 1180. The average molecular weight is 556 g/mol. The van der Waals surface area contributed by atoms with Crippen LogP contribution in [0.1, 0.15) is 36.8 Å². The van der Waals surface area contributed by atoms with Crippen molar-refractivity contribution in [3.8, 4) is 11.5 Å². The van der Waals surface area contributed by atoms with Crippen molar-refractivity contribution in [1.82, 2.24) is 14.8 Å². The van der Waals surface area contributed by atoms with Crippen molar-refractivity contribution in [2.75, 3.05) is 52.5 Å². The largest absolute Gasteiger partial charge is 0.494 e. The fraction of sp³-hybridized carbons (Fsp3) is 0.533. The first kappa shape index (κ1) is 29.3. The maximum Gasteiger partial charge on any atom is 0.306 e. The first-order valence-corrected chi connectivity index (χ1v) is 14.8. The summed E-state index contributed by atoms with van der Waals surface area (Å²) < 4.78 is 12.9. The van der Waals surface area contributed by atoms with Crippen molar-refractivity contribution < 1.29 is 24.5 Å². The number of carbonyl (C=O) groups is 1. The highest BCUT2D eigenvalue weighted by Gasteiger charge is 2.19. The molecule has 1 unspecified atom stereocenters. The minimum absolute atomic E-state index is 0.277. The quantitative estimate of drug-likeness (QED) is 0.265. The van der Waals surface area contributed by atoms with Gasteiger partial charge in [0.05, 0.1) is 27.7 Å². The molecule has 8 nitrogen and oxygen atoms in total. The number of hydrogen-bond donors (Lipinski definition) is 2. The molecule has 4 rings (SSSR count). The number of carboxylic acids is 1. The lowest BCUT2D eigenvalue weighted by Crippen LogP contribution is -2.49. The molecule has 0 spiro atoms. The molecule has 2 N–H and O–H groups in total. The maximum atomic E-state index is 11.2. The molecule has 2 aromatic carbocycles. The van der Waals surface area contributed by atoms with Crippen LogP contribution in [0.25, 0.3) is 10.2 Å². The Balaban J connectivity index is 1.05. The molecule has 9 heteroatoms.